The van der Waals surface area contributed by atoms with Crippen molar-refractivity contribution in [2.45, 2.75) is 50.5 Å². The summed E-state index contributed by atoms with van der Waals surface area (Å²) in [6.45, 7) is 4.79. The fourth-order valence-corrected chi connectivity index (χ4v) is 5.16. The first-order valence-corrected chi connectivity index (χ1v) is 10.4. The molecule has 26 heavy (non-hydrogen) atoms. The maximum atomic E-state index is 12.9. The van der Waals surface area contributed by atoms with Crippen LogP contribution in [0, 0.1) is 5.92 Å². The van der Waals surface area contributed by atoms with E-state index in [2.05, 4.69) is 6.92 Å². The van der Waals surface area contributed by atoms with Crippen LogP contribution in [0.5, 0.6) is 0 Å². The molecule has 2 aliphatic rings. The number of carboxylic acids is 1. The zero-order chi connectivity index (χ0) is 19.1. The second kappa shape index (κ2) is 7.00. The molecule has 0 aromatic heterocycles. The van der Waals surface area contributed by atoms with Crippen LogP contribution < -0.4 is 4.90 Å². The summed E-state index contributed by atoms with van der Waals surface area (Å²) in [7, 11) is -3.61. The van der Waals surface area contributed by atoms with Gasteiger partial charge in [0.15, 0.2) is 0 Å². The number of hydrogen-bond donors (Lipinski definition) is 1. The van der Waals surface area contributed by atoms with Crippen LogP contribution in [0.3, 0.4) is 0 Å². The van der Waals surface area contributed by atoms with Gasteiger partial charge in [0.05, 0.1) is 4.90 Å². The monoisotopic (exact) mass is 380 g/mol. The van der Waals surface area contributed by atoms with E-state index in [4.69, 9.17) is 0 Å². The summed E-state index contributed by atoms with van der Waals surface area (Å²) in [5.74, 6) is -0.847. The van der Waals surface area contributed by atoms with Crippen molar-refractivity contribution in [1.82, 2.24) is 4.31 Å². The van der Waals surface area contributed by atoms with Gasteiger partial charge in [0.2, 0.25) is 15.9 Å². The number of sulfonamides is 1. The third-order valence-corrected chi connectivity index (χ3v) is 7.17. The number of benzene rings is 1. The van der Waals surface area contributed by atoms with Gasteiger partial charge >= 0.3 is 5.97 Å². The average Bonchev–Trinajstić information content (AvgIpc) is 3.00. The molecule has 3 rings (SSSR count). The Morgan fingerprint density at radius 1 is 1.23 bits per heavy atom. The van der Waals surface area contributed by atoms with E-state index >= 15 is 0 Å². The van der Waals surface area contributed by atoms with E-state index in [1.807, 2.05) is 0 Å². The van der Waals surface area contributed by atoms with Crippen molar-refractivity contribution in [2.75, 3.05) is 18.0 Å². The molecule has 7 nitrogen and oxygen atoms in total. The maximum Gasteiger partial charge on any atom is 0.327 e. The first-order chi connectivity index (χ1) is 12.3. The first kappa shape index (κ1) is 18.8. The van der Waals surface area contributed by atoms with Crippen LogP contribution in [0.2, 0.25) is 0 Å². The number of piperidine rings is 1. The number of rotatable bonds is 4. The fourth-order valence-electron chi connectivity index (χ4n) is 3.64. The molecule has 1 N–H and O–H groups in total. The number of hydrogen-bond acceptors (Lipinski definition) is 4. The number of aliphatic carboxylic acids is 1. The fraction of sp³-hybridized carbons (Fsp3) is 0.556. The molecule has 0 bridgehead atoms. The molecule has 0 spiro atoms. The molecule has 8 heteroatoms. The molecule has 1 aromatic carbocycles. The van der Waals surface area contributed by atoms with Crippen molar-refractivity contribution < 1.29 is 23.1 Å². The van der Waals surface area contributed by atoms with E-state index in [9.17, 15) is 23.1 Å². The predicted molar refractivity (Wildman–Crippen MR) is 96.5 cm³/mol. The highest BCUT2D eigenvalue weighted by Crippen LogP contribution is 2.35. The smallest absolute Gasteiger partial charge is 0.327 e. The van der Waals surface area contributed by atoms with Crippen molar-refractivity contribution in [3.05, 3.63) is 23.8 Å². The Balaban J connectivity index is 1.94. The molecule has 1 atom stereocenters. The largest absolute Gasteiger partial charge is 0.480 e. The molecule has 2 aliphatic heterocycles. The highest BCUT2D eigenvalue weighted by atomic mass is 32.2. The number of carbonyl (C=O) groups excluding carboxylic acids is 1. The summed E-state index contributed by atoms with van der Waals surface area (Å²) in [5, 5.41) is 9.44. The third kappa shape index (κ3) is 3.23. The van der Waals surface area contributed by atoms with E-state index in [0.717, 1.165) is 12.8 Å². The zero-order valence-corrected chi connectivity index (χ0v) is 15.8. The van der Waals surface area contributed by atoms with Crippen LogP contribution in [-0.4, -0.2) is 48.8 Å². The van der Waals surface area contributed by atoms with Crippen LogP contribution in [0.25, 0.3) is 0 Å². The molecule has 0 aliphatic carbocycles. The molecule has 2 heterocycles. The second-order valence-electron chi connectivity index (χ2n) is 7.05. The number of carbonyl (C=O) groups is 2. The Morgan fingerprint density at radius 2 is 1.88 bits per heavy atom. The van der Waals surface area contributed by atoms with Crippen molar-refractivity contribution in [3.63, 3.8) is 0 Å². The molecule has 1 saturated heterocycles. The molecule has 1 unspecified atom stereocenters. The Morgan fingerprint density at radius 3 is 2.46 bits per heavy atom. The van der Waals surface area contributed by atoms with Gasteiger partial charge in [-0.15, -0.1) is 0 Å². The van der Waals surface area contributed by atoms with Crippen LogP contribution in [0.1, 0.15) is 38.7 Å². The van der Waals surface area contributed by atoms with Gasteiger partial charge in [-0.2, -0.15) is 4.31 Å². The van der Waals surface area contributed by atoms with Crippen molar-refractivity contribution in [1.29, 1.82) is 0 Å². The minimum Gasteiger partial charge on any atom is -0.480 e. The minimum absolute atomic E-state index is 0.122. The lowest BCUT2D eigenvalue weighted by Gasteiger charge is -2.29. The molecule has 1 fully saturated rings. The van der Waals surface area contributed by atoms with Crippen molar-refractivity contribution >= 4 is 27.6 Å². The number of nitrogens with zero attached hydrogens (tertiary/aromatic N) is 2. The molecule has 1 amide bonds. The van der Waals surface area contributed by atoms with E-state index in [1.165, 1.54) is 21.3 Å². The number of amides is 1. The van der Waals surface area contributed by atoms with Gasteiger partial charge in [-0.1, -0.05) is 13.8 Å². The first-order valence-electron chi connectivity index (χ1n) is 8.93. The summed E-state index contributed by atoms with van der Waals surface area (Å²) in [6, 6.07) is 3.59. The van der Waals surface area contributed by atoms with Gasteiger partial charge in [-0.25, -0.2) is 13.2 Å². The van der Waals surface area contributed by atoms with Crippen molar-refractivity contribution in [2.24, 2.45) is 5.92 Å². The van der Waals surface area contributed by atoms with E-state index < -0.39 is 22.0 Å². The number of fused-ring (bicyclic) bond motifs is 1. The second-order valence-corrected chi connectivity index (χ2v) is 8.99. The van der Waals surface area contributed by atoms with Gasteiger partial charge in [0, 0.05) is 31.6 Å². The Labute approximate surface area is 153 Å². The Hall–Kier alpha value is -1.93. The SMILES string of the molecule is CCC(=O)N1c2ccc(S(=O)(=O)N3CCC(C)CC3)cc2CC1C(=O)O. The van der Waals surface area contributed by atoms with Crippen LogP contribution >= 0.6 is 0 Å². The summed E-state index contributed by atoms with van der Waals surface area (Å²) in [6.07, 6.45) is 1.99. The van der Waals surface area contributed by atoms with Gasteiger partial charge in [0.1, 0.15) is 6.04 Å². The van der Waals surface area contributed by atoms with Gasteiger partial charge in [0.25, 0.3) is 0 Å². The Bertz CT molecular complexity index is 828. The van der Waals surface area contributed by atoms with Crippen LogP contribution in [0.4, 0.5) is 5.69 Å². The molecule has 142 valence electrons. The van der Waals surface area contributed by atoms with Crippen LogP contribution in [-0.2, 0) is 26.0 Å². The summed E-state index contributed by atoms with van der Waals surface area (Å²) in [4.78, 5) is 25.2. The average molecular weight is 380 g/mol. The molecular weight excluding hydrogens is 356 g/mol. The number of carboxylic acid groups (broad SMARTS) is 1. The van der Waals surface area contributed by atoms with E-state index in [-0.39, 0.29) is 23.6 Å². The summed E-state index contributed by atoms with van der Waals surface area (Å²) in [5.41, 5.74) is 1.08. The maximum absolute atomic E-state index is 12.9. The lowest BCUT2D eigenvalue weighted by Crippen LogP contribution is -2.42. The van der Waals surface area contributed by atoms with E-state index in [1.54, 1.807) is 13.0 Å². The van der Waals surface area contributed by atoms with E-state index in [0.29, 0.717) is 30.3 Å². The van der Waals surface area contributed by atoms with Crippen molar-refractivity contribution in [3.8, 4) is 0 Å². The number of anilines is 1. The molecule has 0 saturated carbocycles. The van der Waals surface area contributed by atoms with Crippen LogP contribution in [0.15, 0.2) is 23.1 Å². The molecule has 0 radical (unpaired) electrons. The molecular formula is C18H24N2O5S. The summed E-state index contributed by atoms with van der Waals surface area (Å²) < 4.78 is 27.3. The quantitative estimate of drug-likeness (QED) is 0.860. The zero-order valence-electron chi connectivity index (χ0n) is 15.0. The highest BCUT2D eigenvalue weighted by Gasteiger charge is 2.39. The lowest BCUT2D eigenvalue weighted by molar-refractivity contribution is -0.139. The molecule has 1 aromatic rings. The minimum atomic E-state index is -3.61. The third-order valence-electron chi connectivity index (χ3n) is 5.27. The van der Waals surface area contributed by atoms with Gasteiger partial charge in [-0.3, -0.25) is 9.69 Å². The summed E-state index contributed by atoms with van der Waals surface area (Å²) >= 11 is 0. The van der Waals surface area contributed by atoms with Gasteiger partial charge in [-0.05, 0) is 42.5 Å². The standard InChI is InChI=1S/C18H24N2O5S/c1-3-17(21)20-15-5-4-14(10-13(15)11-16(20)18(22)23)26(24,25)19-8-6-12(2)7-9-19/h4-5,10,12,16H,3,6-9,11H2,1-2H3,(H,22,23). The Kier molecular flexibility index (Phi) is 5.07. The van der Waals surface area contributed by atoms with Gasteiger partial charge < -0.3 is 5.11 Å². The topological polar surface area (TPSA) is 95.0 Å². The highest BCUT2D eigenvalue weighted by molar-refractivity contribution is 7.89. The predicted octanol–water partition coefficient (Wildman–Crippen LogP) is 1.86. The lowest BCUT2D eigenvalue weighted by atomic mass is 10.0. The normalized spacial score (nSPS) is 21.6.